The van der Waals surface area contributed by atoms with E-state index < -0.39 is 17.6 Å². The minimum absolute atomic E-state index is 0.0177. The molecular weight excluding hydrogens is 638 g/mol. The molecule has 2 atom stereocenters. The number of nitrogens with zero attached hydrogens (tertiary/aromatic N) is 7. The molecule has 14 heteroatoms. The van der Waals surface area contributed by atoms with Gasteiger partial charge in [0.15, 0.2) is 11.6 Å². The van der Waals surface area contributed by atoms with Crippen LogP contribution in [0.3, 0.4) is 0 Å². The number of carbonyl (C=O) groups excluding carboxylic acids is 1. The van der Waals surface area contributed by atoms with E-state index in [0.29, 0.717) is 60.7 Å². The maximum absolute atomic E-state index is 14.6. The van der Waals surface area contributed by atoms with Crippen molar-refractivity contribution in [3.63, 3.8) is 0 Å². The van der Waals surface area contributed by atoms with Crippen molar-refractivity contribution >= 4 is 23.2 Å². The predicted octanol–water partition coefficient (Wildman–Crippen LogP) is 7.09. The number of aliphatic imine (C=N–C) groups is 1. The van der Waals surface area contributed by atoms with Gasteiger partial charge in [-0.15, -0.1) is 0 Å². The molecule has 1 aliphatic heterocycles. The molecule has 0 spiro atoms. The van der Waals surface area contributed by atoms with Gasteiger partial charge in [0, 0.05) is 58.3 Å². The zero-order valence-electron chi connectivity index (χ0n) is 27.5. The molecule has 1 aliphatic rings. The monoisotopic (exact) mass is 675 g/mol. The first-order valence-electron chi connectivity index (χ1n) is 16.1. The fraction of sp³-hybridized carbons (Fsp3) is 0.278. The Labute approximate surface area is 289 Å². The molecule has 0 aromatic heterocycles. The summed E-state index contributed by atoms with van der Waals surface area (Å²) < 4.78 is 18.0. The minimum atomic E-state index is -1.68. The molecule has 256 valence electrons. The van der Waals surface area contributed by atoms with Gasteiger partial charge in [0.25, 0.3) is 5.91 Å². The smallest absolute Gasteiger partial charge is 0.266 e. The number of hydrogen-bond donors (Lipinski definition) is 3. The number of azide groups is 2. The van der Waals surface area contributed by atoms with Crippen LogP contribution in [0, 0.1) is 0 Å². The van der Waals surface area contributed by atoms with Gasteiger partial charge in [0.05, 0.1) is 13.2 Å². The van der Waals surface area contributed by atoms with Crippen molar-refractivity contribution in [3.8, 4) is 11.5 Å². The standard InChI is InChI=1S/C36H37N9O5/c1-2-48-32-15-8-4-10-25(32)20-21-39-43-35(47)36(24-27-11-3-6-13-30(27)41-44-37)33(29-12-5-7-14-31(29)42-45-38)50-34(40-36)26-16-18-28(19-17-26)49-23-9-22-46/h3-8,10-19,33,39,46H,2,9,20-24H2,1H3,(H,43,47)/t33-,36-/m0/s1. The van der Waals surface area contributed by atoms with Crippen molar-refractivity contribution in [2.45, 2.75) is 37.8 Å². The SMILES string of the molecule is CCOc1ccccc1CCNNC(=O)[C@@]1(Cc2ccccc2N=[N+]=[N-])N=C(c2ccc(OCCCO)cc2)O[C@H]1c1ccccc1N=[N+]=[N-]. The van der Waals surface area contributed by atoms with Crippen LogP contribution in [0.2, 0.25) is 0 Å². The number of benzene rings is 4. The zero-order chi connectivity index (χ0) is 35.2. The lowest BCUT2D eigenvalue weighted by Gasteiger charge is -2.31. The number of aliphatic hydroxyl groups excluding tert-OH is 1. The van der Waals surface area contributed by atoms with Crippen molar-refractivity contribution in [2.24, 2.45) is 15.2 Å². The number of carbonyl (C=O) groups is 1. The third-order valence-electron chi connectivity index (χ3n) is 8.00. The molecule has 0 fully saturated rings. The third-order valence-corrected chi connectivity index (χ3v) is 8.00. The topological polar surface area (TPSA) is 199 Å². The first-order valence-corrected chi connectivity index (χ1v) is 16.1. The highest BCUT2D eigenvalue weighted by Crippen LogP contribution is 2.46. The van der Waals surface area contributed by atoms with Crippen molar-refractivity contribution in [1.82, 2.24) is 10.9 Å². The molecule has 1 heterocycles. The molecule has 0 bridgehead atoms. The summed E-state index contributed by atoms with van der Waals surface area (Å²) in [5, 5.41) is 16.9. The maximum Gasteiger partial charge on any atom is 0.266 e. The Morgan fingerprint density at radius 2 is 1.60 bits per heavy atom. The lowest BCUT2D eigenvalue weighted by molar-refractivity contribution is -0.130. The van der Waals surface area contributed by atoms with Crippen LogP contribution < -0.4 is 20.3 Å². The highest BCUT2D eigenvalue weighted by atomic mass is 16.5. The van der Waals surface area contributed by atoms with Gasteiger partial charge in [-0.25, -0.2) is 10.4 Å². The molecule has 4 aromatic rings. The lowest BCUT2D eigenvalue weighted by atomic mass is 9.81. The Morgan fingerprint density at radius 1 is 0.920 bits per heavy atom. The van der Waals surface area contributed by atoms with E-state index >= 15 is 0 Å². The van der Waals surface area contributed by atoms with Crippen molar-refractivity contribution < 1.29 is 24.1 Å². The van der Waals surface area contributed by atoms with E-state index in [9.17, 15) is 15.9 Å². The van der Waals surface area contributed by atoms with E-state index in [1.54, 1.807) is 72.8 Å². The van der Waals surface area contributed by atoms with E-state index in [2.05, 4.69) is 30.9 Å². The normalized spacial score (nSPS) is 16.3. The molecular formula is C36H37N9O5. The summed E-state index contributed by atoms with van der Waals surface area (Å²) in [4.78, 5) is 25.6. The molecule has 0 aliphatic carbocycles. The van der Waals surface area contributed by atoms with Crippen molar-refractivity contribution in [1.29, 1.82) is 0 Å². The molecule has 3 N–H and O–H groups in total. The summed E-state index contributed by atoms with van der Waals surface area (Å²) >= 11 is 0. The second kappa shape index (κ2) is 17.4. The predicted molar refractivity (Wildman–Crippen MR) is 188 cm³/mol. The van der Waals surface area contributed by atoms with E-state index in [1.807, 2.05) is 31.2 Å². The quantitative estimate of drug-likeness (QED) is 0.0350. The molecule has 0 saturated heterocycles. The number of hydrazine groups is 1. The van der Waals surface area contributed by atoms with Crippen LogP contribution >= 0.6 is 0 Å². The maximum atomic E-state index is 14.6. The Bertz CT molecular complexity index is 1910. The van der Waals surface area contributed by atoms with Gasteiger partial charge < -0.3 is 19.3 Å². The molecule has 50 heavy (non-hydrogen) atoms. The third kappa shape index (κ3) is 8.32. The van der Waals surface area contributed by atoms with Crippen LogP contribution in [-0.4, -0.2) is 48.8 Å². The fourth-order valence-corrected chi connectivity index (χ4v) is 5.66. The van der Waals surface area contributed by atoms with Crippen LogP contribution in [0.25, 0.3) is 20.9 Å². The molecule has 0 radical (unpaired) electrons. The Morgan fingerprint density at radius 3 is 2.34 bits per heavy atom. The van der Waals surface area contributed by atoms with Gasteiger partial charge in [-0.1, -0.05) is 77.0 Å². The highest BCUT2D eigenvalue weighted by Gasteiger charge is 2.54. The van der Waals surface area contributed by atoms with E-state index in [-0.39, 0.29) is 24.6 Å². The number of ether oxygens (including phenoxy) is 3. The Kier molecular flexibility index (Phi) is 12.3. The lowest BCUT2D eigenvalue weighted by Crippen LogP contribution is -2.54. The van der Waals surface area contributed by atoms with E-state index in [4.69, 9.17) is 24.3 Å². The molecule has 1 amide bonds. The van der Waals surface area contributed by atoms with E-state index in [1.165, 1.54) is 0 Å². The summed E-state index contributed by atoms with van der Waals surface area (Å²) in [5.41, 5.74) is 26.1. The second-order valence-electron chi connectivity index (χ2n) is 11.2. The van der Waals surface area contributed by atoms with Gasteiger partial charge in [-0.2, -0.15) is 0 Å². The first kappa shape index (κ1) is 35.3. The van der Waals surface area contributed by atoms with E-state index in [0.717, 1.165) is 11.3 Å². The summed E-state index contributed by atoms with van der Waals surface area (Å²) in [6, 6.07) is 28.5. The second-order valence-corrected chi connectivity index (χ2v) is 11.2. The first-order chi connectivity index (χ1) is 24.5. The average molecular weight is 676 g/mol. The van der Waals surface area contributed by atoms with Crippen LogP contribution in [0.1, 0.15) is 41.7 Å². The zero-order valence-corrected chi connectivity index (χ0v) is 27.5. The Balaban J connectivity index is 1.55. The van der Waals surface area contributed by atoms with Gasteiger partial charge in [-0.3, -0.25) is 10.2 Å². The van der Waals surface area contributed by atoms with Gasteiger partial charge in [-0.05, 0) is 65.9 Å². The molecule has 0 unspecified atom stereocenters. The van der Waals surface area contributed by atoms with Crippen molar-refractivity contribution in [2.75, 3.05) is 26.4 Å². The number of nitrogens with one attached hydrogen (secondary N) is 2. The summed E-state index contributed by atoms with van der Waals surface area (Å²) in [6.45, 7) is 3.19. The number of para-hydroxylation sites is 1. The number of aliphatic hydroxyl groups is 1. The largest absolute Gasteiger partial charge is 0.494 e. The van der Waals surface area contributed by atoms with Crippen LogP contribution in [-0.2, 0) is 22.4 Å². The molecule has 14 nitrogen and oxygen atoms in total. The fourth-order valence-electron chi connectivity index (χ4n) is 5.66. The number of rotatable bonds is 17. The molecule has 5 rings (SSSR count). The van der Waals surface area contributed by atoms with Crippen LogP contribution in [0.15, 0.2) is 112 Å². The van der Waals surface area contributed by atoms with Gasteiger partial charge >= 0.3 is 0 Å². The average Bonchev–Trinajstić information content (AvgIpc) is 3.52. The van der Waals surface area contributed by atoms with Crippen LogP contribution in [0.4, 0.5) is 11.4 Å². The summed E-state index contributed by atoms with van der Waals surface area (Å²) in [6.07, 6.45) is -0.0563. The highest BCUT2D eigenvalue weighted by molar-refractivity contribution is 6.01. The number of amides is 1. The summed E-state index contributed by atoms with van der Waals surface area (Å²) in [5.74, 6) is 1.02. The van der Waals surface area contributed by atoms with Gasteiger partial charge in [0.1, 0.15) is 11.5 Å². The molecule has 4 aromatic carbocycles. The minimum Gasteiger partial charge on any atom is -0.494 e. The molecule has 0 saturated carbocycles. The number of hydrogen-bond acceptors (Lipinski definition) is 9. The summed E-state index contributed by atoms with van der Waals surface area (Å²) in [7, 11) is 0. The van der Waals surface area contributed by atoms with Gasteiger partial charge in [0.2, 0.25) is 5.90 Å². The Hall–Kier alpha value is -6.04. The van der Waals surface area contributed by atoms with Crippen molar-refractivity contribution in [3.05, 3.63) is 140 Å². The van der Waals surface area contributed by atoms with Crippen LogP contribution in [0.5, 0.6) is 11.5 Å².